The largest absolute Gasteiger partial charge is 0.456 e. The zero-order chi connectivity index (χ0) is 68.9. The zero-order valence-corrected chi connectivity index (χ0v) is 59.9. The highest BCUT2D eigenvalue weighted by molar-refractivity contribution is 7.34. The summed E-state index contributed by atoms with van der Waals surface area (Å²) in [6, 6.07) is 90.2. The van der Waals surface area contributed by atoms with Crippen molar-refractivity contribution in [3.05, 3.63) is 301 Å². The van der Waals surface area contributed by atoms with E-state index in [1.807, 2.05) is 59.9 Å². The van der Waals surface area contributed by atoms with Crippen LogP contribution in [0.2, 0.25) is 0 Å². The molecule has 0 fully saturated rings. The van der Waals surface area contributed by atoms with Gasteiger partial charge in [0, 0.05) is 71.0 Å². The number of hydrogen-bond donors (Lipinski definition) is 0. The molecule has 1 aliphatic carbocycles. The van der Waals surface area contributed by atoms with Crippen LogP contribution in [0.4, 0.5) is 64.4 Å². The lowest BCUT2D eigenvalue weighted by atomic mass is 9.36. The Kier molecular flexibility index (Phi) is 14.7. The molecular formula is C90H77BF3N3OSSi. The van der Waals surface area contributed by atoms with Gasteiger partial charge in [-0.1, -0.05) is 203 Å². The summed E-state index contributed by atoms with van der Waals surface area (Å²) in [5.74, 6) is -1.14. The van der Waals surface area contributed by atoms with Crippen LogP contribution in [0.3, 0.4) is 0 Å². The standard InChI is InChI=1S/C90H77BF3N3OSSi/c1-87(2,3)57-24-34-62(35-25-57)95(77-22-16-14-20-70(77)56-18-12-11-13-19-56)65-38-46-76-78(51-65)96(64-39-47-82-72(50-64)71-21-15-17-23-81(71)98-82)79-52-69(100(66-40-28-59(92)29-41-66,67-42-30-60(93)31-43-67)68-44-32-61(94)33-45-68)53-80-84(79)91(76)86-85(97(80)63-36-26-58(27-37-63)88(4,5)6)73-54-74-75(55-83(73)99-86)90(9,10)49-48-89(74,7)8/h11-47,50-55H,48-49H2,1-10H3. The fourth-order valence-electron chi connectivity index (χ4n) is 16.6. The van der Waals surface area contributed by atoms with Gasteiger partial charge in [-0.15, -0.1) is 11.3 Å². The Morgan fingerprint density at radius 1 is 0.450 bits per heavy atom. The van der Waals surface area contributed by atoms with Crippen molar-refractivity contribution in [1.82, 2.24) is 0 Å². The van der Waals surface area contributed by atoms with Crippen molar-refractivity contribution in [3.8, 4) is 11.1 Å². The first-order valence-corrected chi connectivity index (χ1v) is 37.7. The van der Waals surface area contributed by atoms with E-state index < -0.39 is 8.07 Å². The first-order chi connectivity index (χ1) is 48.0. The third kappa shape index (κ3) is 10.2. The third-order valence-electron chi connectivity index (χ3n) is 22.0. The molecule has 0 spiro atoms. The molecule has 10 heteroatoms. The lowest BCUT2D eigenvalue weighted by Crippen LogP contribution is -2.75. The van der Waals surface area contributed by atoms with Gasteiger partial charge in [0.15, 0.2) is 8.07 Å². The molecule has 0 radical (unpaired) electrons. The highest BCUT2D eigenvalue weighted by atomic mass is 32.1. The molecular weight excluding hydrogens is 1270 g/mol. The minimum Gasteiger partial charge on any atom is -0.456 e. The fourth-order valence-corrected chi connectivity index (χ4v) is 22.6. The fraction of sp³-hybridized carbons (Fsp3) is 0.178. The number of furan rings is 1. The van der Waals surface area contributed by atoms with Crippen LogP contribution < -0.4 is 51.1 Å². The minimum absolute atomic E-state index is 0.0557. The molecule has 0 saturated heterocycles. The molecule has 4 heterocycles. The van der Waals surface area contributed by atoms with Gasteiger partial charge < -0.3 is 19.1 Å². The molecule has 492 valence electrons. The van der Waals surface area contributed by atoms with Gasteiger partial charge in [0.25, 0.3) is 6.71 Å². The van der Waals surface area contributed by atoms with E-state index in [4.69, 9.17) is 4.42 Å². The summed E-state index contributed by atoms with van der Waals surface area (Å²) in [6.45, 7) is 22.9. The Labute approximate surface area is 589 Å². The number of benzene rings is 12. The molecule has 12 aromatic carbocycles. The molecule has 0 atom stereocenters. The Morgan fingerprint density at radius 3 is 1.58 bits per heavy atom. The number of thiophene rings is 1. The van der Waals surface area contributed by atoms with Crippen LogP contribution in [0.1, 0.15) is 104 Å². The maximum absolute atomic E-state index is 15.9. The monoisotopic (exact) mass is 1340 g/mol. The Bertz CT molecular complexity index is 5450. The van der Waals surface area contributed by atoms with Gasteiger partial charge in [-0.25, -0.2) is 13.2 Å². The van der Waals surface area contributed by atoms with E-state index in [0.717, 1.165) is 129 Å². The van der Waals surface area contributed by atoms with Crippen molar-refractivity contribution in [2.75, 3.05) is 14.7 Å². The minimum atomic E-state index is -3.86. The SMILES string of the molecule is CC(C)(C)c1ccc(N(c2ccc3c(c2)N(c2ccc4oc5ccccc5c4c2)c2cc([Si](c4ccc(F)cc4)(c4ccc(F)cc4)c4ccc(F)cc4)cc4c2B3c2sc3cc5c(cc3c2N4c2ccc(C(C)(C)C)cc2)C(C)(C)CCC5(C)C)c2ccccc2-c2ccccc2)cc1. The van der Waals surface area contributed by atoms with Crippen LogP contribution in [0.25, 0.3) is 43.2 Å². The summed E-state index contributed by atoms with van der Waals surface area (Å²) in [6.07, 6.45) is 2.14. The Balaban J connectivity index is 1.05. The van der Waals surface area contributed by atoms with E-state index in [-0.39, 0.29) is 45.8 Å². The smallest absolute Gasteiger partial charge is 0.264 e. The van der Waals surface area contributed by atoms with Crippen molar-refractivity contribution in [2.45, 2.75) is 104 Å². The molecule has 100 heavy (non-hydrogen) atoms. The summed E-state index contributed by atoms with van der Waals surface area (Å²) < 4.78 is 56.8. The van der Waals surface area contributed by atoms with Gasteiger partial charge >= 0.3 is 0 Å². The molecule has 0 amide bonds. The summed E-state index contributed by atoms with van der Waals surface area (Å²) in [7, 11) is -3.86. The second kappa shape index (κ2) is 23.2. The van der Waals surface area contributed by atoms with E-state index >= 15 is 13.2 Å². The van der Waals surface area contributed by atoms with Crippen LogP contribution in [0.5, 0.6) is 0 Å². The second-order valence-electron chi connectivity index (χ2n) is 31.1. The molecule has 0 unspecified atom stereocenters. The van der Waals surface area contributed by atoms with Crippen LogP contribution in [0.15, 0.2) is 265 Å². The maximum Gasteiger partial charge on any atom is 0.264 e. The first kappa shape index (κ1) is 63.3. The number of halogens is 3. The average Bonchev–Trinajstić information content (AvgIpc) is 1.27. The molecule has 14 aromatic rings. The van der Waals surface area contributed by atoms with Crippen LogP contribution in [-0.4, -0.2) is 14.8 Å². The summed E-state index contributed by atoms with van der Waals surface area (Å²) in [5, 5.41) is 6.69. The molecule has 0 N–H and O–H groups in total. The van der Waals surface area contributed by atoms with Gasteiger partial charge in [-0.05, 0) is 221 Å². The number of rotatable bonds is 10. The van der Waals surface area contributed by atoms with Crippen molar-refractivity contribution in [3.63, 3.8) is 0 Å². The van der Waals surface area contributed by atoms with E-state index in [1.165, 1.54) is 73.5 Å². The lowest BCUT2D eigenvalue weighted by molar-refractivity contribution is 0.332. The molecule has 4 nitrogen and oxygen atoms in total. The van der Waals surface area contributed by atoms with Gasteiger partial charge in [0.05, 0.1) is 11.4 Å². The molecule has 0 saturated carbocycles. The van der Waals surface area contributed by atoms with Gasteiger partial charge in [0.2, 0.25) is 0 Å². The lowest BCUT2D eigenvalue weighted by Gasteiger charge is -2.45. The number of hydrogen-bond acceptors (Lipinski definition) is 5. The van der Waals surface area contributed by atoms with Gasteiger partial charge in [-0.3, -0.25) is 0 Å². The third-order valence-corrected chi connectivity index (χ3v) is 27.9. The number of nitrogens with zero attached hydrogens (tertiary/aromatic N) is 3. The number of anilines is 9. The Hall–Kier alpha value is -10.1. The second-order valence-corrected chi connectivity index (χ2v) is 36.0. The van der Waals surface area contributed by atoms with Crippen molar-refractivity contribution >= 4 is 146 Å². The summed E-state index contributed by atoms with van der Waals surface area (Å²) in [5.41, 5.74) is 19.9. The molecule has 0 bridgehead atoms. The van der Waals surface area contributed by atoms with Crippen LogP contribution >= 0.6 is 11.3 Å². The van der Waals surface area contributed by atoms with Crippen LogP contribution in [0, 0.1) is 17.5 Å². The zero-order valence-electron chi connectivity index (χ0n) is 58.1. The molecule has 2 aromatic heterocycles. The van der Waals surface area contributed by atoms with Gasteiger partial charge in [0.1, 0.15) is 28.6 Å². The van der Waals surface area contributed by atoms with E-state index in [2.05, 4.69) is 260 Å². The maximum atomic E-state index is 15.9. The van der Waals surface area contributed by atoms with E-state index in [9.17, 15) is 0 Å². The molecule has 3 aliphatic rings. The molecule has 17 rings (SSSR count). The highest BCUT2D eigenvalue weighted by Gasteiger charge is 2.50. The quantitative estimate of drug-likeness (QED) is 0.101. The van der Waals surface area contributed by atoms with Crippen molar-refractivity contribution in [1.29, 1.82) is 0 Å². The summed E-state index contributed by atoms with van der Waals surface area (Å²) in [4.78, 5) is 7.47. The van der Waals surface area contributed by atoms with Crippen molar-refractivity contribution < 1.29 is 17.6 Å². The predicted octanol–water partition coefficient (Wildman–Crippen LogP) is 20.8. The Morgan fingerprint density at radius 2 is 0.970 bits per heavy atom. The van der Waals surface area contributed by atoms with Gasteiger partial charge in [-0.2, -0.15) is 0 Å². The highest BCUT2D eigenvalue weighted by Crippen LogP contribution is 2.54. The van der Waals surface area contributed by atoms with E-state index in [1.54, 1.807) is 0 Å². The van der Waals surface area contributed by atoms with E-state index in [0.29, 0.717) is 0 Å². The first-order valence-electron chi connectivity index (χ1n) is 34.9. The average molecular weight is 1340 g/mol. The normalized spacial score (nSPS) is 14.7. The summed E-state index contributed by atoms with van der Waals surface area (Å²) >= 11 is 1.91. The number of fused-ring (bicyclic) bond motifs is 10. The topological polar surface area (TPSA) is 22.9 Å². The van der Waals surface area contributed by atoms with Crippen molar-refractivity contribution in [2.24, 2.45) is 0 Å². The predicted molar refractivity (Wildman–Crippen MR) is 419 cm³/mol. The van der Waals surface area contributed by atoms with Crippen LogP contribution in [-0.2, 0) is 21.7 Å². The number of para-hydroxylation sites is 2. The molecule has 2 aliphatic heterocycles.